The molecule has 0 aliphatic carbocycles. The maximum absolute atomic E-state index is 10.5. The van der Waals surface area contributed by atoms with Gasteiger partial charge in [0, 0.05) is 34.6 Å². The Morgan fingerprint density at radius 3 is 3.09 bits per heavy atom. The lowest BCUT2D eigenvalue weighted by Gasteiger charge is -2.26. The summed E-state index contributed by atoms with van der Waals surface area (Å²) >= 11 is 1.65. The summed E-state index contributed by atoms with van der Waals surface area (Å²) in [6.07, 6.45) is 4.93. The molecule has 1 aliphatic heterocycles. The molecule has 1 aliphatic rings. The summed E-state index contributed by atoms with van der Waals surface area (Å²) in [4.78, 5) is 6.92. The molecule has 23 heavy (non-hydrogen) atoms. The molecule has 3 aromatic rings. The van der Waals surface area contributed by atoms with Crippen LogP contribution in [0.15, 0.2) is 48.0 Å². The maximum Gasteiger partial charge on any atom is 0.0896 e. The molecule has 1 saturated heterocycles. The van der Waals surface area contributed by atoms with Crippen molar-refractivity contribution in [2.24, 2.45) is 0 Å². The van der Waals surface area contributed by atoms with Gasteiger partial charge < -0.3 is 10.1 Å². The molecule has 0 spiro atoms. The maximum atomic E-state index is 10.5. The fourth-order valence-corrected chi connectivity index (χ4v) is 4.46. The third kappa shape index (κ3) is 3.07. The van der Waals surface area contributed by atoms with Crippen LogP contribution in [0.4, 0.5) is 0 Å². The molecule has 4 heteroatoms. The van der Waals surface area contributed by atoms with Crippen molar-refractivity contribution in [1.82, 2.24) is 9.88 Å². The van der Waals surface area contributed by atoms with E-state index in [9.17, 15) is 5.11 Å². The predicted octanol–water partition coefficient (Wildman–Crippen LogP) is 4.32. The number of hydrogen-bond donors (Lipinski definition) is 2. The summed E-state index contributed by atoms with van der Waals surface area (Å²) in [5.74, 6) is 0. The van der Waals surface area contributed by atoms with Gasteiger partial charge in [-0.05, 0) is 54.9 Å². The summed E-state index contributed by atoms with van der Waals surface area (Å²) in [5.41, 5.74) is 2.58. The molecule has 0 bridgehead atoms. The number of rotatable bonds is 5. The number of H-pyrrole nitrogens is 1. The summed E-state index contributed by atoms with van der Waals surface area (Å²) in [6, 6.07) is 13.2. The highest BCUT2D eigenvalue weighted by molar-refractivity contribution is 7.10. The van der Waals surface area contributed by atoms with Gasteiger partial charge >= 0.3 is 0 Å². The molecule has 0 saturated carbocycles. The van der Waals surface area contributed by atoms with Gasteiger partial charge in [-0.3, -0.25) is 4.90 Å². The zero-order valence-electron chi connectivity index (χ0n) is 13.1. The van der Waals surface area contributed by atoms with Crippen LogP contribution in [0.5, 0.6) is 0 Å². The number of aromatic amines is 1. The minimum atomic E-state index is -0.330. The molecule has 2 atom stereocenters. The van der Waals surface area contributed by atoms with Crippen LogP contribution in [0.3, 0.4) is 0 Å². The number of fused-ring (bicyclic) bond motifs is 1. The summed E-state index contributed by atoms with van der Waals surface area (Å²) in [5, 5.41) is 13.8. The molecule has 4 rings (SSSR count). The molecule has 2 aromatic heterocycles. The predicted molar refractivity (Wildman–Crippen MR) is 95.6 cm³/mol. The van der Waals surface area contributed by atoms with Crippen molar-refractivity contribution in [3.63, 3.8) is 0 Å². The highest BCUT2D eigenvalue weighted by atomic mass is 32.1. The van der Waals surface area contributed by atoms with Crippen molar-refractivity contribution in [3.05, 3.63) is 58.4 Å². The van der Waals surface area contributed by atoms with Gasteiger partial charge in [0.05, 0.1) is 6.10 Å². The highest BCUT2D eigenvalue weighted by Gasteiger charge is 2.27. The van der Waals surface area contributed by atoms with Crippen LogP contribution in [0.25, 0.3) is 10.9 Å². The van der Waals surface area contributed by atoms with Crippen LogP contribution in [-0.2, 0) is 6.54 Å². The van der Waals surface area contributed by atoms with Crippen LogP contribution in [0, 0.1) is 0 Å². The lowest BCUT2D eigenvalue weighted by molar-refractivity contribution is 0.120. The van der Waals surface area contributed by atoms with E-state index in [1.807, 2.05) is 23.7 Å². The highest BCUT2D eigenvalue weighted by Crippen LogP contribution is 2.31. The van der Waals surface area contributed by atoms with E-state index in [4.69, 9.17) is 0 Å². The molecule has 120 valence electrons. The number of likely N-dealkylation sites (tertiary alicyclic amines) is 1. The second-order valence-corrected chi connectivity index (χ2v) is 7.37. The summed E-state index contributed by atoms with van der Waals surface area (Å²) in [6.45, 7) is 2.10. The Labute approximate surface area is 140 Å². The van der Waals surface area contributed by atoms with Gasteiger partial charge in [0.15, 0.2) is 0 Å². The first-order valence-electron chi connectivity index (χ1n) is 8.32. The topological polar surface area (TPSA) is 39.3 Å². The Balaban J connectivity index is 1.48. The van der Waals surface area contributed by atoms with Gasteiger partial charge in [-0.15, -0.1) is 11.3 Å². The lowest BCUT2D eigenvalue weighted by atomic mass is 10.0. The summed E-state index contributed by atoms with van der Waals surface area (Å²) < 4.78 is 0. The van der Waals surface area contributed by atoms with Crippen LogP contribution < -0.4 is 0 Å². The number of benzene rings is 1. The number of aliphatic hydroxyl groups is 1. The van der Waals surface area contributed by atoms with E-state index in [1.165, 1.54) is 29.3 Å². The Bertz CT molecular complexity index is 765. The third-order valence-electron chi connectivity index (χ3n) is 4.92. The number of hydrogen-bond acceptors (Lipinski definition) is 3. The number of aromatic nitrogens is 1. The number of thiophene rings is 1. The van der Waals surface area contributed by atoms with E-state index in [1.54, 1.807) is 11.3 Å². The third-order valence-corrected chi connectivity index (χ3v) is 5.90. The smallest absolute Gasteiger partial charge is 0.0896 e. The van der Waals surface area contributed by atoms with Crippen molar-refractivity contribution >= 4 is 22.2 Å². The molecule has 0 amide bonds. The molecule has 2 unspecified atom stereocenters. The fraction of sp³-hybridized carbons (Fsp3) is 0.368. The van der Waals surface area contributed by atoms with Crippen molar-refractivity contribution in [2.45, 2.75) is 38.0 Å². The van der Waals surface area contributed by atoms with E-state index < -0.39 is 0 Å². The Hall–Kier alpha value is -1.62. The van der Waals surface area contributed by atoms with Crippen molar-refractivity contribution in [3.8, 4) is 0 Å². The Morgan fingerprint density at radius 1 is 1.26 bits per heavy atom. The molecule has 3 heterocycles. The van der Waals surface area contributed by atoms with E-state index in [-0.39, 0.29) is 6.10 Å². The van der Waals surface area contributed by atoms with Crippen LogP contribution in [-0.4, -0.2) is 27.6 Å². The first-order valence-corrected chi connectivity index (χ1v) is 9.20. The zero-order chi connectivity index (χ0) is 15.6. The van der Waals surface area contributed by atoms with Gasteiger partial charge in [-0.25, -0.2) is 0 Å². The molecule has 2 N–H and O–H groups in total. The first kappa shape index (κ1) is 14.9. The van der Waals surface area contributed by atoms with Crippen LogP contribution in [0.2, 0.25) is 0 Å². The molecular weight excluding hydrogens is 304 g/mol. The molecular formula is C19H22N2OS. The van der Waals surface area contributed by atoms with Gasteiger partial charge in [0.1, 0.15) is 0 Å². The largest absolute Gasteiger partial charge is 0.388 e. The average Bonchev–Trinajstić information content (AvgIpc) is 3.29. The quantitative estimate of drug-likeness (QED) is 0.733. The Morgan fingerprint density at radius 2 is 2.22 bits per heavy atom. The van der Waals surface area contributed by atoms with E-state index in [0.717, 1.165) is 24.4 Å². The van der Waals surface area contributed by atoms with Crippen LogP contribution in [0.1, 0.15) is 35.8 Å². The first-order chi connectivity index (χ1) is 11.3. The van der Waals surface area contributed by atoms with E-state index >= 15 is 0 Å². The lowest BCUT2D eigenvalue weighted by Crippen LogP contribution is -2.30. The SMILES string of the molecule is OC(CC1CCCN1Cc1cccc2[nH]ccc12)c1cccs1. The minimum Gasteiger partial charge on any atom is -0.388 e. The minimum absolute atomic E-state index is 0.330. The standard InChI is InChI=1S/C19H22N2OS/c22-18(19-7-3-11-23-19)12-15-5-2-10-21(15)13-14-4-1-6-17-16(14)8-9-20-17/h1,3-4,6-9,11,15,18,20,22H,2,5,10,12-13H2. The van der Waals surface area contributed by atoms with Gasteiger partial charge in [-0.1, -0.05) is 18.2 Å². The van der Waals surface area contributed by atoms with Gasteiger partial charge in [0.25, 0.3) is 0 Å². The summed E-state index contributed by atoms with van der Waals surface area (Å²) in [7, 11) is 0. The van der Waals surface area contributed by atoms with Crippen LogP contribution >= 0.6 is 11.3 Å². The number of nitrogens with zero attached hydrogens (tertiary/aromatic N) is 1. The molecule has 1 aromatic carbocycles. The molecule has 0 radical (unpaired) electrons. The number of nitrogens with one attached hydrogen (secondary N) is 1. The number of aliphatic hydroxyl groups excluding tert-OH is 1. The van der Waals surface area contributed by atoms with E-state index in [2.05, 4.69) is 34.1 Å². The second-order valence-electron chi connectivity index (χ2n) is 6.39. The molecule has 1 fully saturated rings. The van der Waals surface area contributed by atoms with Crippen molar-refractivity contribution in [1.29, 1.82) is 0 Å². The monoisotopic (exact) mass is 326 g/mol. The average molecular weight is 326 g/mol. The van der Waals surface area contributed by atoms with Crippen molar-refractivity contribution < 1.29 is 5.11 Å². The Kier molecular flexibility index (Phi) is 4.21. The fourth-order valence-electron chi connectivity index (χ4n) is 3.73. The van der Waals surface area contributed by atoms with E-state index in [0.29, 0.717) is 6.04 Å². The van der Waals surface area contributed by atoms with Gasteiger partial charge in [0.2, 0.25) is 0 Å². The van der Waals surface area contributed by atoms with Gasteiger partial charge in [-0.2, -0.15) is 0 Å². The zero-order valence-corrected chi connectivity index (χ0v) is 13.9. The normalized spacial score (nSPS) is 20.3. The second kappa shape index (κ2) is 6.48. The van der Waals surface area contributed by atoms with Crippen molar-refractivity contribution in [2.75, 3.05) is 6.54 Å². The molecule has 3 nitrogen and oxygen atoms in total.